The molecule has 0 spiro atoms. The summed E-state index contributed by atoms with van der Waals surface area (Å²) in [5, 5.41) is 3.78. The smallest absolute Gasteiger partial charge is 0.0709 e. The van der Waals surface area contributed by atoms with Gasteiger partial charge in [-0.2, -0.15) is 0 Å². The van der Waals surface area contributed by atoms with Crippen molar-refractivity contribution in [3.8, 4) is 55.8 Å². The van der Waals surface area contributed by atoms with E-state index in [1.54, 1.807) is 0 Å². The first-order chi connectivity index (χ1) is 27.1. The van der Waals surface area contributed by atoms with Gasteiger partial charge >= 0.3 is 0 Å². The molecule has 7 aromatic carbocycles. The second kappa shape index (κ2) is 13.2. The summed E-state index contributed by atoms with van der Waals surface area (Å²) in [5.74, 6) is 0. The lowest BCUT2D eigenvalue weighted by Crippen LogP contribution is -1.97. The van der Waals surface area contributed by atoms with E-state index >= 15 is 0 Å². The second-order valence-electron chi connectivity index (χ2n) is 14.7. The number of nitrogens with zero attached hydrogens (tertiary/aromatic N) is 1. The summed E-state index contributed by atoms with van der Waals surface area (Å²) in [6, 6.07) is 55.7. The van der Waals surface area contributed by atoms with E-state index in [0.717, 1.165) is 28.6 Å². The Morgan fingerprint density at radius 2 is 1.27 bits per heavy atom. The largest absolute Gasteiger partial charge is 0.248 e. The van der Waals surface area contributed by atoms with Gasteiger partial charge in [0.1, 0.15) is 0 Å². The first-order valence-electron chi connectivity index (χ1n) is 19.2. The maximum Gasteiger partial charge on any atom is 0.0709 e. The molecule has 10 rings (SSSR count). The molecule has 0 unspecified atom stereocenters. The van der Waals surface area contributed by atoms with Crippen molar-refractivity contribution in [2.75, 3.05) is 0 Å². The van der Waals surface area contributed by atoms with E-state index in [0.29, 0.717) is 0 Å². The van der Waals surface area contributed by atoms with Crippen LogP contribution < -0.4 is 0 Å². The maximum absolute atomic E-state index is 5.05. The number of hydrogen-bond acceptors (Lipinski definition) is 1. The molecule has 1 nitrogen and oxygen atoms in total. The van der Waals surface area contributed by atoms with E-state index in [4.69, 9.17) is 4.98 Å². The fourth-order valence-electron chi connectivity index (χ4n) is 9.01. The van der Waals surface area contributed by atoms with Crippen molar-refractivity contribution in [3.63, 3.8) is 0 Å². The van der Waals surface area contributed by atoms with Gasteiger partial charge < -0.3 is 0 Å². The van der Waals surface area contributed by atoms with Gasteiger partial charge in [-0.15, -0.1) is 0 Å². The quantitative estimate of drug-likeness (QED) is 0.161. The molecule has 0 atom stereocenters. The van der Waals surface area contributed by atoms with Crippen LogP contribution in [-0.4, -0.2) is 4.98 Å². The molecule has 0 bridgehead atoms. The number of para-hydroxylation sites is 1. The van der Waals surface area contributed by atoms with Crippen molar-refractivity contribution in [1.82, 2.24) is 4.98 Å². The number of pyridine rings is 1. The molecule has 0 N–H and O–H groups in total. The molecule has 8 aromatic rings. The maximum atomic E-state index is 5.05. The third-order valence-corrected chi connectivity index (χ3v) is 11.5. The molecular weight excluding hydrogens is 663 g/mol. The standard InChI is InChI=1S/C54H39N/c1-4-13-42-34(3)43(14-5-2)53-39(18-11-21-47(42)53)29-35-30-40(37-16-10-17-38(32-37)52-28-25-36-15-6-9-24-51(36)55-52)33-41(31-35)44-26-27-50-46-20-8-7-19-45(46)49-23-12-22-48(44)54(49)50/h4-28,30-33H,2,29H2,1,3H3/b13-4-,43-14-. The van der Waals surface area contributed by atoms with Crippen molar-refractivity contribution in [2.45, 2.75) is 20.3 Å². The number of fused-ring (bicyclic) bond motifs is 5. The van der Waals surface area contributed by atoms with Gasteiger partial charge in [-0.3, -0.25) is 0 Å². The average Bonchev–Trinajstić information content (AvgIpc) is 3.70. The highest BCUT2D eigenvalue weighted by Crippen LogP contribution is 2.50. The van der Waals surface area contributed by atoms with Crippen LogP contribution in [0.4, 0.5) is 0 Å². The summed E-state index contributed by atoms with van der Waals surface area (Å²) >= 11 is 0. The van der Waals surface area contributed by atoms with Crippen LogP contribution >= 0.6 is 0 Å². The number of rotatable bonds is 7. The lowest BCUT2D eigenvalue weighted by atomic mass is 9.88. The van der Waals surface area contributed by atoms with Crippen LogP contribution in [0.2, 0.25) is 0 Å². The molecule has 1 aromatic heterocycles. The van der Waals surface area contributed by atoms with Crippen molar-refractivity contribution >= 4 is 32.8 Å². The zero-order chi connectivity index (χ0) is 37.0. The zero-order valence-electron chi connectivity index (χ0n) is 31.1. The predicted molar refractivity (Wildman–Crippen MR) is 235 cm³/mol. The minimum Gasteiger partial charge on any atom is -0.248 e. The third-order valence-electron chi connectivity index (χ3n) is 11.5. The fourth-order valence-corrected chi connectivity index (χ4v) is 9.01. The van der Waals surface area contributed by atoms with Crippen LogP contribution in [0.15, 0.2) is 188 Å². The van der Waals surface area contributed by atoms with E-state index in [-0.39, 0.29) is 0 Å². The number of allylic oxidation sites excluding steroid dienone is 7. The van der Waals surface area contributed by atoms with Gasteiger partial charge in [-0.25, -0.2) is 4.98 Å². The molecular formula is C54H39N. The van der Waals surface area contributed by atoms with E-state index in [9.17, 15) is 0 Å². The molecule has 1 heterocycles. The Morgan fingerprint density at radius 1 is 0.582 bits per heavy atom. The van der Waals surface area contributed by atoms with Gasteiger partial charge in [-0.1, -0.05) is 158 Å². The van der Waals surface area contributed by atoms with Gasteiger partial charge in [-0.05, 0) is 139 Å². The summed E-state index contributed by atoms with van der Waals surface area (Å²) in [6.45, 7) is 8.41. The molecule has 0 amide bonds. The summed E-state index contributed by atoms with van der Waals surface area (Å²) in [5.41, 5.74) is 22.2. The van der Waals surface area contributed by atoms with Crippen molar-refractivity contribution in [1.29, 1.82) is 0 Å². The predicted octanol–water partition coefficient (Wildman–Crippen LogP) is 14.6. The summed E-state index contributed by atoms with van der Waals surface area (Å²) in [7, 11) is 0. The molecule has 55 heavy (non-hydrogen) atoms. The summed E-state index contributed by atoms with van der Waals surface area (Å²) in [6.07, 6.45) is 9.27. The highest BCUT2D eigenvalue weighted by Gasteiger charge is 2.26. The lowest BCUT2D eigenvalue weighted by Gasteiger charge is -2.16. The Hall–Kier alpha value is -6.83. The molecule has 2 aliphatic carbocycles. The average molecular weight is 702 g/mol. The highest BCUT2D eigenvalue weighted by molar-refractivity contribution is 6.18. The monoisotopic (exact) mass is 701 g/mol. The normalized spacial score (nSPS) is 13.7. The molecule has 0 radical (unpaired) electrons. The molecule has 0 saturated heterocycles. The van der Waals surface area contributed by atoms with Crippen molar-refractivity contribution in [3.05, 3.63) is 210 Å². The Balaban J connectivity index is 1.15. The number of benzene rings is 7. The Morgan fingerprint density at radius 3 is 2.13 bits per heavy atom. The Bertz CT molecular complexity index is 2960. The van der Waals surface area contributed by atoms with Gasteiger partial charge in [0.15, 0.2) is 0 Å². The zero-order valence-corrected chi connectivity index (χ0v) is 31.1. The van der Waals surface area contributed by atoms with Crippen LogP contribution in [0.5, 0.6) is 0 Å². The minimum atomic E-state index is 0.799. The molecule has 0 fully saturated rings. The highest BCUT2D eigenvalue weighted by atomic mass is 14.7. The van der Waals surface area contributed by atoms with E-state index < -0.39 is 0 Å². The van der Waals surface area contributed by atoms with Crippen LogP contribution in [0.1, 0.15) is 36.1 Å². The second-order valence-corrected chi connectivity index (χ2v) is 14.7. The van der Waals surface area contributed by atoms with E-state index in [2.05, 4.69) is 190 Å². The van der Waals surface area contributed by atoms with Crippen LogP contribution in [0.3, 0.4) is 0 Å². The topological polar surface area (TPSA) is 12.9 Å². The summed E-state index contributed by atoms with van der Waals surface area (Å²) in [4.78, 5) is 5.05. The minimum absolute atomic E-state index is 0.799. The molecule has 0 aliphatic heterocycles. The SMILES string of the molecule is C=C/C=C1C(C)=C(/C=C\C)c2cccc(Cc3cc(-c4cccc(-c5ccc6ccccc6n5)c4)cc(-c4ccc5c6c(cccc46)-c4ccccc4-5)c3)c2/1. The summed E-state index contributed by atoms with van der Waals surface area (Å²) < 4.78 is 0. The molecule has 0 saturated carbocycles. The molecule has 1 heteroatoms. The lowest BCUT2D eigenvalue weighted by molar-refractivity contribution is 1.18. The third kappa shape index (κ3) is 5.43. The van der Waals surface area contributed by atoms with Gasteiger partial charge in [0.25, 0.3) is 0 Å². The first-order valence-corrected chi connectivity index (χ1v) is 19.2. The molecule has 260 valence electrons. The number of aromatic nitrogens is 1. The molecule has 2 aliphatic rings. The fraction of sp³-hybridized carbons (Fsp3) is 0.0556. The Kier molecular flexibility index (Phi) is 7.89. The van der Waals surface area contributed by atoms with E-state index in [1.807, 2.05) is 6.08 Å². The first kappa shape index (κ1) is 32.8. The van der Waals surface area contributed by atoms with Crippen LogP contribution in [0.25, 0.3) is 88.6 Å². The van der Waals surface area contributed by atoms with Crippen molar-refractivity contribution in [2.24, 2.45) is 0 Å². The van der Waals surface area contributed by atoms with Gasteiger partial charge in [0.2, 0.25) is 0 Å². The Labute approximate surface area is 323 Å². The van der Waals surface area contributed by atoms with Gasteiger partial charge in [0, 0.05) is 10.9 Å². The van der Waals surface area contributed by atoms with Crippen molar-refractivity contribution < 1.29 is 0 Å². The van der Waals surface area contributed by atoms with E-state index in [1.165, 1.54) is 94.3 Å². The van der Waals surface area contributed by atoms with Crippen LogP contribution in [0, 0.1) is 0 Å². The van der Waals surface area contributed by atoms with Crippen LogP contribution in [-0.2, 0) is 6.42 Å². The van der Waals surface area contributed by atoms with Gasteiger partial charge in [0.05, 0.1) is 11.2 Å². The number of hydrogen-bond donors (Lipinski definition) is 0.